The molecule has 0 saturated carbocycles. The van der Waals surface area contributed by atoms with E-state index in [1.54, 1.807) is 19.9 Å². The third-order valence-electron chi connectivity index (χ3n) is 6.80. The van der Waals surface area contributed by atoms with Gasteiger partial charge >= 0.3 is 17.9 Å². The van der Waals surface area contributed by atoms with Crippen LogP contribution in [0.5, 0.6) is 0 Å². The summed E-state index contributed by atoms with van der Waals surface area (Å²) in [5.74, 6) is -1.16. The zero-order valence-corrected chi connectivity index (χ0v) is 24.1. The van der Waals surface area contributed by atoms with E-state index >= 15 is 0 Å². The summed E-state index contributed by atoms with van der Waals surface area (Å²) in [6.45, 7) is 4.95. The highest BCUT2D eigenvalue weighted by Crippen LogP contribution is 2.17. The summed E-state index contributed by atoms with van der Waals surface area (Å²) in [6, 6.07) is 0. The monoisotopic (exact) mass is 554 g/mol. The molecule has 9 heteroatoms. The first-order valence-electron chi connectivity index (χ1n) is 14.6. The van der Waals surface area contributed by atoms with Gasteiger partial charge in [-0.2, -0.15) is 0 Å². The van der Waals surface area contributed by atoms with Crippen LogP contribution in [0.2, 0.25) is 0 Å². The van der Waals surface area contributed by atoms with Gasteiger partial charge in [0.25, 0.3) is 0 Å². The van der Waals surface area contributed by atoms with E-state index in [9.17, 15) is 19.5 Å². The molecule has 3 N–H and O–H groups in total. The predicted octanol–water partition coefficient (Wildman–Crippen LogP) is 4.45. The summed E-state index contributed by atoms with van der Waals surface area (Å²) >= 11 is 0. The molecule has 2 aliphatic heterocycles. The van der Waals surface area contributed by atoms with Gasteiger partial charge < -0.3 is 29.5 Å². The van der Waals surface area contributed by atoms with Crippen LogP contribution in [0, 0.1) is 0 Å². The Kier molecular flexibility index (Phi) is 18.4. The first-order chi connectivity index (χ1) is 18.7. The van der Waals surface area contributed by atoms with Crippen LogP contribution in [0.1, 0.15) is 111 Å². The molecule has 9 nitrogen and oxygen atoms in total. The van der Waals surface area contributed by atoms with Gasteiger partial charge in [-0.25, -0.2) is 9.59 Å². The van der Waals surface area contributed by atoms with E-state index in [0.29, 0.717) is 17.6 Å². The Morgan fingerprint density at radius 1 is 0.769 bits per heavy atom. The number of hydrogen-bond donors (Lipinski definition) is 3. The van der Waals surface area contributed by atoms with E-state index in [0.717, 1.165) is 19.3 Å². The number of cyclic esters (lactones) is 2. The lowest BCUT2D eigenvalue weighted by molar-refractivity contribution is -0.152. The number of aliphatic hydroxyl groups excluding tert-OH is 3. The molecule has 0 amide bonds. The summed E-state index contributed by atoms with van der Waals surface area (Å²) in [6.07, 6.45) is 16.5. The molecule has 4 atom stereocenters. The van der Waals surface area contributed by atoms with Crippen molar-refractivity contribution in [1.29, 1.82) is 0 Å². The number of carbonyl (C=O) groups is 3. The van der Waals surface area contributed by atoms with Crippen LogP contribution in [0.4, 0.5) is 0 Å². The van der Waals surface area contributed by atoms with Crippen molar-refractivity contribution in [1.82, 2.24) is 0 Å². The molecule has 0 aromatic heterocycles. The molecule has 2 rings (SSSR count). The average molecular weight is 555 g/mol. The van der Waals surface area contributed by atoms with Crippen LogP contribution >= 0.6 is 0 Å². The van der Waals surface area contributed by atoms with E-state index in [-0.39, 0.29) is 12.6 Å². The zero-order chi connectivity index (χ0) is 29.0. The molecular formula is C30H50O9. The number of ether oxygens (including phenoxy) is 3. The van der Waals surface area contributed by atoms with Crippen molar-refractivity contribution < 1.29 is 43.9 Å². The molecule has 0 aromatic rings. The Bertz CT molecular complexity index is 789. The quantitative estimate of drug-likeness (QED) is 0.120. The highest BCUT2D eigenvalue weighted by atomic mass is 16.6. The first kappa shape index (κ1) is 34.8. The van der Waals surface area contributed by atoms with Gasteiger partial charge in [0.2, 0.25) is 0 Å². The van der Waals surface area contributed by atoms with Crippen molar-refractivity contribution >= 4 is 17.9 Å². The van der Waals surface area contributed by atoms with Gasteiger partial charge in [0.1, 0.15) is 24.9 Å². The molecule has 0 spiro atoms. The number of carbonyl (C=O) groups excluding carboxylic acids is 3. The standard InChI is InChI=1S/C23H40O5.C7H10O4/c1-3-4-5-6-7-8-9-10-11-12-13-14-15-16-22(25)27-18-20(24)21-17-19(2)23(26)28-21;1-4-2-6(5(9)3-8)11-7(4)10/h17,20-21,24H,3-16,18H2,1-2H3;2,5-6,8-9H,3H2,1H3/t20-,21+;5-,6+/m11/s1. The maximum absolute atomic E-state index is 11.7. The van der Waals surface area contributed by atoms with Gasteiger partial charge in [0, 0.05) is 17.6 Å². The second-order valence-electron chi connectivity index (χ2n) is 10.4. The average Bonchev–Trinajstić information content (AvgIpc) is 3.44. The molecule has 0 unspecified atom stereocenters. The van der Waals surface area contributed by atoms with Gasteiger partial charge in [-0.1, -0.05) is 84.0 Å². The van der Waals surface area contributed by atoms with Crippen molar-refractivity contribution in [2.24, 2.45) is 0 Å². The molecule has 2 aliphatic rings. The Balaban J connectivity index is 0.000000573. The molecular weight excluding hydrogens is 504 g/mol. The van der Waals surface area contributed by atoms with Gasteiger partial charge in [-0.15, -0.1) is 0 Å². The third kappa shape index (κ3) is 15.2. The third-order valence-corrected chi connectivity index (χ3v) is 6.80. The Morgan fingerprint density at radius 2 is 1.18 bits per heavy atom. The Morgan fingerprint density at radius 3 is 1.56 bits per heavy atom. The molecule has 0 saturated heterocycles. The van der Waals surface area contributed by atoms with E-state index < -0.39 is 43.0 Å². The van der Waals surface area contributed by atoms with Crippen molar-refractivity contribution in [2.45, 2.75) is 135 Å². The molecule has 0 aliphatic carbocycles. The topological polar surface area (TPSA) is 140 Å². The van der Waals surface area contributed by atoms with Gasteiger partial charge in [0.15, 0.2) is 6.10 Å². The van der Waals surface area contributed by atoms with Gasteiger partial charge in [-0.05, 0) is 32.4 Å². The fourth-order valence-corrected chi connectivity index (χ4v) is 4.25. The Labute approximate surface area is 233 Å². The summed E-state index contributed by atoms with van der Waals surface area (Å²) < 4.78 is 14.7. The van der Waals surface area contributed by atoms with Crippen molar-refractivity contribution in [3.05, 3.63) is 23.3 Å². The highest BCUT2D eigenvalue weighted by molar-refractivity contribution is 5.90. The highest BCUT2D eigenvalue weighted by Gasteiger charge is 2.29. The Hall–Kier alpha value is -2.23. The predicted molar refractivity (Wildman–Crippen MR) is 148 cm³/mol. The molecule has 0 aromatic carbocycles. The van der Waals surface area contributed by atoms with E-state index in [4.69, 9.17) is 19.7 Å². The second kappa shape index (κ2) is 20.6. The van der Waals surface area contributed by atoms with Crippen LogP contribution in [-0.2, 0) is 28.6 Å². The van der Waals surface area contributed by atoms with Crippen molar-refractivity contribution in [2.75, 3.05) is 13.2 Å². The fourth-order valence-electron chi connectivity index (χ4n) is 4.25. The van der Waals surface area contributed by atoms with Crippen molar-refractivity contribution in [3.63, 3.8) is 0 Å². The van der Waals surface area contributed by atoms with Crippen molar-refractivity contribution in [3.8, 4) is 0 Å². The van der Waals surface area contributed by atoms with Gasteiger partial charge in [-0.3, -0.25) is 4.79 Å². The second-order valence-corrected chi connectivity index (χ2v) is 10.4. The summed E-state index contributed by atoms with van der Waals surface area (Å²) in [5, 5.41) is 27.4. The van der Waals surface area contributed by atoms with E-state index in [1.807, 2.05) is 0 Å². The SMILES string of the molecule is CC1=C[C@@H]([C@H](O)CO)OC1=O.CCCCCCCCCCCCCCCC(=O)OC[C@@H](O)[C@@H]1C=C(C)C(=O)O1. The van der Waals surface area contributed by atoms with Crippen LogP contribution in [0.15, 0.2) is 23.3 Å². The molecule has 0 bridgehead atoms. The maximum atomic E-state index is 11.7. The van der Waals surface area contributed by atoms with Crippen LogP contribution in [0.3, 0.4) is 0 Å². The lowest BCUT2D eigenvalue weighted by Gasteiger charge is -2.16. The largest absolute Gasteiger partial charge is 0.463 e. The lowest BCUT2D eigenvalue weighted by Crippen LogP contribution is -2.31. The zero-order valence-electron chi connectivity index (χ0n) is 24.1. The smallest absolute Gasteiger partial charge is 0.334 e. The number of unbranched alkanes of at least 4 members (excludes halogenated alkanes) is 12. The number of esters is 3. The minimum absolute atomic E-state index is 0.140. The van der Waals surface area contributed by atoms with E-state index in [2.05, 4.69) is 11.7 Å². The minimum Gasteiger partial charge on any atom is -0.463 e. The molecule has 39 heavy (non-hydrogen) atoms. The summed E-state index contributed by atoms with van der Waals surface area (Å²) in [7, 11) is 0. The number of aliphatic hydroxyl groups is 3. The first-order valence-corrected chi connectivity index (χ1v) is 14.6. The van der Waals surface area contributed by atoms with Crippen LogP contribution in [-0.4, -0.2) is 70.9 Å². The minimum atomic E-state index is -1.00. The normalized spacial score (nSPS) is 19.8. The lowest BCUT2D eigenvalue weighted by atomic mass is 10.0. The number of hydrogen-bond acceptors (Lipinski definition) is 9. The number of rotatable bonds is 19. The van der Waals surface area contributed by atoms with Crippen LogP contribution in [0.25, 0.3) is 0 Å². The summed E-state index contributed by atoms with van der Waals surface area (Å²) in [4.78, 5) is 33.7. The van der Waals surface area contributed by atoms with Crippen LogP contribution < -0.4 is 0 Å². The summed E-state index contributed by atoms with van der Waals surface area (Å²) in [5.41, 5.74) is 0.949. The maximum Gasteiger partial charge on any atom is 0.334 e. The molecule has 0 fully saturated rings. The van der Waals surface area contributed by atoms with Gasteiger partial charge in [0.05, 0.1) is 6.61 Å². The van der Waals surface area contributed by atoms with E-state index in [1.165, 1.54) is 70.3 Å². The molecule has 2 heterocycles. The fraction of sp³-hybridized carbons (Fsp3) is 0.767. The molecule has 224 valence electrons. The molecule has 0 radical (unpaired) electrons.